The summed E-state index contributed by atoms with van der Waals surface area (Å²) in [6.07, 6.45) is 0. The van der Waals surface area contributed by atoms with Crippen molar-refractivity contribution in [2.75, 3.05) is 17.2 Å². The van der Waals surface area contributed by atoms with Crippen molar-refractivity contribution >= 4 is 17.3 Å². The summed E-state index contributed by atoms with van der Waals surface area (Å²) >= 11 is 0. The summed E-state index contributed by atoms with van der Waals surface area (Å²) in [5.74, 6) is 0.713. The van der Waals surface area contributed by atoms with Gasteiger partial charge in [-0.15, -0.1) is 0 Å². The van der Waals surface area contributed by atoms with Crippen LogP contribution < -0.4 is 15.4 Å². The molecule has 20 heavy (non-hydrogen) atoms. The topological polar surface area (TPSA) is 50.4 Å². The van der Waals surface area contributed by atoms with E-state index in [9.17, 15) is 4.79 Å². The second kappa shape index (κ2) is 5.25. The van der Waals surface area contributed by atoms with E-state index in [0.29, 0.717) is 6.61 Å². The van der Waals surface area contributed by atoms with Crippen molar-refractivity contribution in [2.24, 2.45) is 0 Å². The van der Waals surface area contributed by atoms with Gasteiger partial charge < -0.3 is 15.4 Å². The molecule has 1 aliphatic heterocycles. The molecule has 102 valence electrons. The summed E-state index contributed by atoms with van der Waals surface area (Å²) in [5, 5.41) is 6.14. The SMILES string of the molecule is CCOc1ccccc1NC1C(=O)Nc2ccccc21. The Labute approximate surface area is 117 Å². The van der Waals surface area contributed by atoms with Crippen LogP contribution in [0.3, 0.4) is 0 Å². The molecule has 0 saturated heterocycles. The molecular formula is C16H16N2O2. The molecule has 0 aliphatic carbocycles. The van der Waals surface area contributed by atoms with Crippen LogP contribution >= 0.6 is 0 Å². The molecule has 2 N–H and O–H groups in total. The van der Waals surface area contributed by atoms with E-state index in [2.05, 4.69) is 10.6 Å². The van der Waals surface area contributed by atoms with Crippen molar-refractivity contribution in [1.82, 2.24) is 0 Å². The van der Waals surface area contributed by atoms with Crippen LogP contribution in [0.2, 0.25) is 0 Å². The van der Waals surface area contributed by atoms with Crippen LogP contribution in [-0.2, 0) is 4.79 Å². The largest absolute Gasteiger partial charge is 0.492 e. The first-order valence-electron chi connectivity index (χ1n) is 6.67. The van der Waals surface area contributed by atoms with Gasteiger partial charge in [0, 0.05) is 11.3 Å². The highest BCUT2D eigenvalue weighted by Gasteiger charge is 2.30. The molecule has 2 aromatic carbocycles. The monoisotopic (exact) mass is 268 g/mol. The molecule has 1 atom stereocenters. The maximum absolute atomic E-state index is 12.1. The Kier molecular flexibility index (Phi) is 3.29. The van der Waals surface area contributed by atoms with Gasteiger partial charge in [-0.05, 0) is 25.1 Å². The lowest BCUT2D eigenvalue weighted by atomic mass is 10.1. The smallest absolute Gasteiger partial charge is 0.251 e. The predicted molar refractivity (Wildman–Crippen MR) is 79.0 cm³/mol. The Balaban J connectivity index is 1.90. The summed E-state index contributed by atoms with van der Waals surface area (Å²) in [5.41, 5.74) is 2.65. The van der Waals surface area contributed by atoms with Crippen LogP contribution in [0.15, 0.2) is 48.5 Å². The van der Waals surface area contributed by atoms with Crippen LogP contribution in [0.25, 0.3) is 0 Å². The molecule has 4 nitrogen and oxygen atoms in total. The Bertz CT molecular complexity index is 640. The number of benzene rings is 2. The summed E-state index contributed by atoms with van der Waals surface area (Å²) < 4.78 is 5.58. The maximum Gasteiger partial charge on any atom is 0.251 e. The second-order valence-corrected chi connectivity index (χ2v) is 4.58. The number of hydrogen-bond acceptors (Lipinski definition) is 3. The van der Waals surface area contributed by atoms with E-state index in [4.69, 9.17) is 4.74 Å². The number of fused-ring (bicyclic) bond motifs is 1. The number of nitrogens with one attached hydrogen (secondary N) is 2. The first kappa shape index (κ1) is 12.5. The average Bonchev–Trinajstić information content (AvgIpc) is 2.78. The second-order valence-electron chi connectivity index (χ2n) is 4.58. The van der Waals surface area contributed by atoms with E-state index >= 15 is 0 Å². The lowest BCUT2D eigenvalue weighted by molar-refractivity contribution is -0.116. The van der Waals surface area contributed by atoms with Crippen LogP contribution in [0.4, 0.5) is 11.4 Å². The quantitative estimate of drug-likeness (QED) is 0.895. The van der Waals surface area contributed by atoms with Crippen molar-refractivity contribution in [2.45, 2.75) is 13.0 Å². The maximum atomic E-state index is 12.1. The predicted octanol–water partition coefficient (Wildman–Crippen LogP) is 3.19. The Morgan fingerprint density at radius 2 is 1.90 bits per heavy atom. The van der Waals surface area contributed by atoms with Gasteiger partial charge in [0.2, 0.25) is 0 Å². The van der Waals surface area contributed by atoms with E-state index in [1.54, 1.807) is 0 Å². The number of rotatable bonds is 4. The van der Waals surface area contributed by atoms with Gasteiger partial charge in [0.15, 0.2) is 0 Å². The first-order chi connectivity index (χ1) is 9.79. The molecule has 0 fully saturated rings. The van der Waals surface area contributed by atoms with E-state index < -0.39 is 0 Å². The molecule has 3 rings (SSSR count). The zero-order chi connectivity index (χ0) is 13.9. The van der Waals surface area contributed by atoms with Gasteiger partial charge in [0.25, 0.3) is 5.91 Å². The van der Waals surface area contributed by atoms with Gasteiger partial charge in [-0.1, -0.05) is 30.3 Å². The number of anilines is 2. The van der Waals surface area contributed by atoms with Crippen molar-refractivity contribution in [3.8, 4) is 5.75 Å². The van der Waals surface area contributed by atoms with Crippen LogP contribution in [0, 0.1) is 0 Å². The molecule has 1 aliphatic rings. The molecule has 1 unspecified atom stereocenters. The molecule has 2 aromatic rings. The van der Waals surface area contributed by atoms with Gasteiger partial charge in [0.05, 0.1) is 12.3 Å². The third-order valence-electron chi connectivity index (χ3n) is 3.28. The molecule has 1 amide bonds. The van der Waals surface area contributed by atoms with Crippen LogP contribution in [0.5, 0.6) is 5.75 Å². The standard InChI is InChI=1S/C16H16N2O2/c1-2-20-14-10-6-5-9-13(14)17-15-11-7-3-4-8-12(11)18-16(15)19/h3-10,15,17H,2H2,1H3,(H,18,19). The zero-order valence-corrected chi connectivity index (χ0v) is 11.2. The Morgan fingerprint density at radius 3 is 2.75 bits per heavy atom. The highest BCUT2D eigenvalue weighted by molar-refractivity contribution is 6.04. The van der Waals surface area contributed by atoms with E-state index in [1.165, 1.54) is 0 Å². The highest BCUT2D eigenvalue weighted by atomic mass is 16.5. The van der Waals surface area contributed by atoms with Crippen molar-refractivity contribution < 1.29 is 9.53 Å². The van der Waals surface area contributed by atoms with E-state index in [0.717, 1.165) is 22.7 Å². The number of para-hydroxylation sites is 3. The van der Waals surface area contributed by atoms with Crippen molar-refractivity contribution in [3.05, 3.63) is 54.1 Å². The minimum atomic E-state index is -0.382. The number of ether oxygens (including phenoxy) is 1. The van der Waals surface area contributed by atoms with Gasteiger partial charge in [0.1, 0.15) is 11.8 Å². The van der Waals surface area contributed by atoms with Crippen LogP contribution in [-0.4, -0.2) is 12.5 Å². The summed E-state index contributed by atoms with van der Waals surface area (Å²) in [6, 6.07) is 15.0. The number of hydrogen-bond donors (Lipinski definition) is 2. The van der Waals surface area contributed by atoms with E-state index in [-0.39, 0.29) is 11.9 Å². The Morgan fingerprint density at radius 1 is 1.15 bits per heavy atom. The van der Waals surface area contributed by atoms with E-state index in [1.807, 2.05) is 55.5 Å². The minimum absolute atomic E-state index is 0.0440. The molecule has 0 bridgehead atoms. The number of carbonyl (C=O) groups is 1. The van der Waals surface area contributed by atoms with Gasteiger partial charge >= 0.3 is 0 Å². The average molecular weight is 268 g/mol. The fourth-order valence-electron chi connectivity index (χ4n) is 2.37. The molecular weight excluding hydrogens is 252 g/mol. The van der Waals surface area contributed by atoms with Gasteiger partial charge in [-0.3, -0.25) is 4.79 Å². The van der Waals surface area contributed by atoms with Gasteiger partial charge in [-0.2, -0.15) is 0 Å². The third kappa shape index (κ3) is 2.20. The molecule has 0 spiro atoms. The first-order valence-corrected chi connectivity index (χ1v) is 6.67. The normalized spacial score (nSPS) is 16.4. The van der Waals surface area contributed by atoms with Gasteiger partial charge in [-0.25, -0.2) is 0 Å². The fourth-order valence-corrected chi connectivity index (χ4v) is 2.37. The molecule has 0 saturated carbocycles. The zero-order valence-electron chi connectivity index (χ0n) is 11.2. The number of carbonyl (C=O) groups excluding carboxylic acids is 1. The Hall–Kier alpha value is -2.49. The third-order valence-corrected chi connectivity index (χ3v) is 3.28. The molecule has 0 radical (unpaired) electrons. The highest BCUT2D eigenvalue weighted by Crippen LogP contribution is 2.35. The van der Waals surface area contributed by atoms with Crippen molar-refractivity contribution in [1.29, 1.82) is 0 Å². The van der Waals surface area contributed by atoms with Crippen LogP contribution in [0.1, 0.15) is 18.5 Å². The lowest BCUT2D eigenvalue weighted by Gasteiger charge is -2.16. The molecule has 0 aromatic heterocycles. The summed E-state index contributed by atoms with van der Waals surface area (Å²) in [6.45, 7) is 2.53. The molecule has 4 heteroatoms. The lowest BCUT2D eigenvalue weighted by Crippen LogP contribution is -2.20. The van der Waals surface area contributed by atoms with Crippen molar-refractivity contribution in [3.63, 3.8) is 0 Å². The minimum Gasteiger partial charge on any atom is -0.492 e. The summed E-state index contributed by atoms with van der Waals surface area (Å²) in [4.78, 5) is 12.1. The molecule has 1 heterocycles. The fraction of sp³-hybridized carbons (Fsp3) is 0.188. The summed E-state index contributed by atoms with van der Waals surface area (Å²) in [7, 11) is 0. The number of amides is 1.